The highest BCUT2D eigenvalue weighted by Crippen LogP contribution is 2.28. The number of hydrogen-bond donors (Lipinski definition) is 3. The number of amides is 2. The summed E-state index contributed by atoms with van der Waals surface area (Å²) in [6.07, 6.45) is 10.5. The van der Waals surface area contributed by atoms with E-state index in [0.29, 0.717) is 19.1 Å². The fourth-order valence-corrected chi connectivity index (χ4v) is 3.20. The van der Waals surface area contributed by atoms with Crippen LogP contribution in [0.1, 0.15) is 57.8 Å². The first kappa shape index (κ1) is 15.6. The number of ether oxygens (including phenoxy) is 1. The monoisotopic (exact) mass is 284 g/mol. The van der Waals surface area contributed by atoms with Crippen LogP contribution in [0.2, 0.25) is 0 Å². The van der Waals surface area contributed by atoms with E-state index in [1.807, 2.05) is 0 Å². The first-order valence-electron chi connectivity index (χ1n) is 8.10. The Morgan fingerprint density at radius 1 is 1.10 bits per heavy atom. The van der Waals surface area contributed by atoms with Crippen LogP contribution in [0, 0.1) is 0 Å². The Kier molecular flexibility index (Phi) is 6.60. The number of nitrogens with one attached hydrogen (secondary N) is 2. The molecule has 0 unspecified atom stereocenters. The molecule has 3 N–H and O–H groups in total. The number of aliphatic hydroxyl groups is 1. The van der Waals surface area contributed by atoms with Crippen LogP contribution in [0.3, 0.4) is 0 Å². The van der Waals surface area contributed by atoms with Crippen LogP contribution in [-0.2, 0) is 4.74 Å². The molecule has 2 amide bonds. The third-order valence-corrected chi connectivity index (χ3v) is 4.31. The average molecular weight is 284 g/mol. The molecule has 0 saturated heterocycles. The highest BCUT2D eigenvalue weighted by molar-refractivity contribution is 5.74. The van der Waals surface area contributed by atoms with Crippen LogP contribution < -0.4 is 10.6 Å². The highest BCUT2D eigenvalue weighted by atomic mass is 16.5. The molecule has 2 aliphatic rings. The van der Waals surface area contributed by atoms with E-state index in [-0.39, 0.29) is 24.8 Å². The summed E-state index contributed by atoms with van der Waals surface area (Å²) >= 11 is 0. The van der Waals surface area contributed by atoms with Gasteiger partial charge in [-0.3, -0.25) is 0 Å². The van der Waals surface area contributed by atoms with Gasteiger partial charge in [0.05, 0.1) is 18.2 Å². The fourth-order valence-electron chi connectivity index (χ4n) is 3.20. The van der Waals surface area contributed by atoms with Crippen LogP contribution in [0.5, 0.6) is 0 Å². The van der Waals surface area contributed by atoms with Crippen molar-refractivity contribution in [3.63, 3.8) is 0 Å². The Morgan fingerprint density at radius 3 is 2.55 bits per heavy atom. The lowest BCUT2D eigenvalue weighted by Gasteiger charge is -2.34. The third-order valence-electron chi connectivity index (χ3n) is 4.31. The van der Waals surface area contributed by atoms with Gasteiger partial charge >= 0.3 is 6.03 Å². The standard InChI is InChI=1S/C15H28N2O3/c18-11-5-10-16-15(19)17-13-8-3-4-9-14(13)20-12-6-1-2-7-12/h12-14,18H,1-11H2,(H2,16,17,19)/t13-,14+/m0/s1. The molecule has 2 fully saturated rings. The smallest absolute Gasteiger partial charge is 0.315 e. The van der Waals surface area contributed by atoms with E-state index in [4.69, 9.17) is 9.84 Å². The second-order valence-corrected chi connectivity index (χ2v) is 5.95. The lowest BCUT2D eigenvalue weighted by Crippen LogP contribution is -2.50. The lowest BCUT2D eigenvalue weighted by molar-refractivity contribution is -0.0410. The summed E-state index contributed by atoms with van der Waals surface area (Å²) in [7, 11) is 0. The first-order valence-corrected chi connectivity index (χ1v) is 8.10. The minimum absolute atomic E-state index is 0.108. The zero-order valence-corrected chi connectivity index (χ0v) is 12.3. The zero-order chi connectivity index (χ0) is 14.2. The SMILES string of the molecule is O=C(NCCCO)N[C@H]1CCCC[C@H]1OC1CCCC1. The summed E-state index contributed by atoms with van der Waals surface area (Å²) in [4.78, 5) is 11.8. The van der Waals surface area contributed by atoms with Crippen molar-refractivity contribution >= 4 is 6.03 Å². The molecule has 0 aromatic heterocycles. The molecule has 0 aromatic carbocycles. The summed E-state index contributed by atoms with van der Waals surface area (Å²) in [6, 6.07) is 0.00356. The number of hydrogen-bond acceptors (Lipinski definition) is 3. The second-order valence-electron chi connectivity index (χ2n) is 5.95. The van der Waals surface area contributed by atoms with Crippen LogP contribution >= 0.6 is 0 Å². The number of aliphatic hydroxyl groups excluding tert-OH is 1. The zero-order valence-electron chi connectivity index (χ0n) is 12.3. The van der Waals surface area contributed by atoms with Crippen LogP contribution in [0.25, 0.3) is 0 Å². The molecule has 0 aromatic rings. The highest BCUT2D eigenvalue weighted by Gasteiger charge is 2.30. The fraction of sp³-hybridized carbons (Fsp3) is 0.933. The summed E-state index contributed by atoms with van der Waals surface area (Å²) < 4.78 is 6.21. The van der Waals surface area contributed by atoms with Crippen LogP contribution in [-0.4, -0.2) is 42.5 Å². The van der Waals surface area contributed by atoms with Gasteiger partial charge in [0.25, 0.3) is 0 Å². The summed E-state index contributed by atoms with van der Waals surface area (Å²) in [5, 5.41) is 14.5. The molecular formula is C15H28N2O3. The summed E-state index contributed by atoms with van der Waals surface area (Å²) in [6.45, 7) is 0.625. The van der Waals surface area contributed by atoms with Crippen LogP contribution in [0.4, 0.5) is 4.79 Å². The predicted molar refractivity (Wildman–Crippen MR) is 77.6 cm³/mol. The Morgan fingerprint density at radius 2 is 1.80 bits per heavy atom. The van der Waals surface area contributed by atoms with E-state index >= 15 is 0 Å². The van der Waals surface area contributed by atoms with Crippen molar-refractivity contribution in [1.29, 1.82) is 0 Å². The Balaban J connectivity index is 1.75. The van der Waals surface area contributed by atoms with Crippen molar-refractivity contribution in [1.82, 2.24) is 10.6 Å². The Bertz CT molecular complexity index is 293. The molecule has 0 spiro atoms. The average Bonchev–Trinajstić information content (AvgIpc) is 2.94. The Labute approximate surface area is 121 Å². The van der Waals surface area contributed by atoms with Gasteiger partial charge in [-0.15, -0.1) is 0 Å². The molecule has 0 heterocycles. The van der Waals surface area contributed by atoms with E-state index in [9.17, 15) is 4.79 Å². The molecule has 2 atom stereocenters. The Hall–Kier alpha value is -0.810. The normalized spacial score (nSPS) is 27.4. The molecule has 116 valence electrons. The van der Waals surface area contributed by atoms with Gasteiger partial charge in [-0.25, -0.2) is 4.79 Å². The number of rotatable bonds is 6. The van der Waals surface area contributed by atoms with Crippen molar-refractivity contribution in [2.75, 3.05) is 13.2 Å². The largest absolute Gasteiger partial charge is 0.396 e. The van der Waals surface area contributed by atoms with Gasteiger partial charge < -0.3 is 20.5 Å². The maximum Gasteiger partial charge on any atom is 0.315 e. The van der Waals surface area contributed by atoms with E-state index < -0.39 is 0 Å². The molecule has 0 aliphatic heterocycles. The molecule has 2 rings (SSSR count). The molecular weight excluding hydrogens is 256 g/mol. The van der Waals surface area contributed by atoms with Gasteiger partial charge in [0.2, 0.25) is 0 Å². The molecule has 5 nitrogen and oxygen atoms in total. The van der Waals surface area contributed by atoms with Gasteiger partial charge in [0.15, 0.2) is 0 Å². The minimum atomic E-state index is -0.134. The van der Waals surface area contributed by atoms with E-state index in [1.165, 1.54) is 32.1 Å². The first-order chi connectivity index (χ1) is 9.79. The van der Waals surface area contributed by atoms with Crippen molar-refractivity contribution in [2.24, 2.45) is 0 Å². The third kappa shape index (κ3) is 4.94. The van der Waals surface area contributed by atoms with Crippen molar-refractivity contribution < 1.29 is 14.6 Å². The molecule has 2 saturated carbocycles. The molecule has 0 bridgehead atoms. The van der Waals surface area contributed by atoms with Gasteiger partial charge in [-0.1, -0.05) is 25.7 Å². The van der Waals surface area contributed by atoms with E-state index in [2.05, 4.69) is 10.6 Å². The number of carbonyl (C=O) groups is 1. The number of urea groups is 1. The molecule has 5 heteroatoms. The number of carbonyl (C=O) groups excluding carboxylic acids is 1. The molecule has 20 heavy (non-hydrogen) atoms. The quantitative estimate of drug-likeness (QED) is 0.653. The van der Waals surface area contributed by atoms with E-state index in [1.54, 1.807) is 0 Å². The van der Waals surface area contributed by atoms with E-state index in [0.717, 1.165) is 19.3 Å². The maximum absolute atomic E-state index is 11.8. The van der Waals surface area contributed by atoms with Gasteiger partial charge in [0.1, 0.15) is 0 Å². The minimum Gasteiger partial charge on any atom is -0.396 e. The predicted octanol–water partition coefficient (Wildman–Crippen LogP) is 1.94. The van der Waals surface area contributed by atoms with Gasteiger partial charge in [-0.2, -0.15) is 0 Å². The van der Waals surface area contributed by atoms with Gasteiger partial charge in [0, 0.05) is 13.2 Å². The maximum atomic E-state index is 11.8. The molecule has 0 radical (unpaired) electrons. The topological polar surface area (TPSA) is 70.6 Å². The summed E-state index contributed by atoms with van der Waals surface area (Å²) in [5.41, 5.74) is 0. The van der Waals surface area contributed by atoms with Crippen molar-refractivity contribution in [2.45, 2.75) is 76.0 Å². The van der Waals surface area contributed by atoms with Crippen molar-refractivity contribution in [3.8, 4) is 0 Å². The lowest BCUT2D eigenvalue weighted by atomic mass is 9.92. The van der Waals surface area contributed by atoms with Crippen molar-refractivity contribution in [3.05, 3.63) is 0 Å². The summed E-state index contributed by atoms with van der Waals surface area (Å²) in [5.74, 6) is 0. The molecule has 2 aliphatic carbocycles. The van der Waals surface area contributed by atoms with Crippen LogP contribution in [0.15, 0.2) is 0 Å². The second kappa shape index (κ2) is 8.47. The van der Waals surface area contributed by atoms with Gasteiger partial charge in [-0.05, 0) is 32.1 Å².